The minimum atomic E-state index is -0.950. The number of nitrogens with zero attached hydrogens (tertiary/aromatic N) is 3. The zero-order chi connectivity index (χ0) is 21.1. The van der Waals surface area contributed by atoms with Crippen LogP contribution in [0.1, 0.15) is 40.4 Å². The molecule has 1 amide bonds. The third-order valence-corrected chi connectivity index (χ3v) is 5.81. The number of likely N-dealkylation sites (tertiary alicyclic amines) is 1. The number of nitrogens with one attached hydrogen (secondary N) is 1. The van der Waals surface area contributed by atoms with Crippen molar-refractivity contribution in [3.05, 3.63) is 36.2 Å². The summed E-state index contributed by atoms with van der Waals surface area (Å²) in [6.45, 7) is 10.7. The molecule has 4 rings (SSSR count). The van der Waals surface area contributed by atoms with Gasteiger partial charge in [-0.3, -0.25) is 14.1 Å². The molecule has 0 bridgehead atoms. The molecule has 2 aliphatic rings. The maximum Gasteiger partial charge on any atom is 0.224 e. The molecule has 2 N–H and O–H groups in total. The van der Waals surface area contributed by atoms with Gasteiger partial charge in [0.25, 0.3) is 0 Å². The normalized spacial score (nSPS) is 25.8. The minimum absolute atomic E-state index is 0.0240. The van der Waals surface area contributed by atoms with E-state index in [1.807, 2.05) is 39.5 Å². The van der Waals surface area contributed by atoms with Crippen molar-refractivity contribution < 1.29 is 19.0 Å². The highest BCUT2D eigenvalue weighted by molar-refractivity contribution is 5.83. The Labute approximate surface area is 169 Å². The third-order valence-electron chi connectivity index (χ3n) is 5.81. The van der Waals surface area contributed by atoms with Crippen LogP contribution in [0, 0.1) is 23.6 Å². The second-order valence-electron chi connectivity index (χ2n) is 9.67. The van der Waals surface area contributed by atoms with Gasteiger partial charge in [-0.05, 0) is 58.6 Å². The van der Waals surface area contributed by atoms with Crippen LogP contribution in [0.5, 0.6) is 0 Å². The summed E-state index contributed by atoms with van der Waals surface area (Å²) in [5, 5.41) is 13.3. The number of amides is 1. The highest BCUT2D eigenvalue weighted by atomic mass is 19.1. The van der Waals surface area contributed by atoms with Crippen LogP contribution < -0.4 is 5.32 Å². The zero-order valence-electron chi connectivity index (χ0n) is 17.5. The zero-order valence-corrected chi connectivity index (χ0v) is 17.5. The van der Waals surface area contributed by atoms with Crippen molar-refractivity contribution in [2.45, 2.75) is 52.2 Å². The maximum atomic E-state index is 14.0. The average Bonchev–Trinajstić information content (AvgIpc) is 2.96. The first-order valence-electron chi connectivity index (χ1n) is 10.0. The van der Waals surface area contributed by atoms with Gasteiger partial charge in [-0.2, -0.15) is 0 Å². The SMILES string of the molecule is CC(C)(C)OC(O)N1C[C@@H]2[C@H](C1)[C@H]2C(=O)NC(C)(C)c1ncc2c(F)cccn12. The van der Waals surface area contributed by atoms with Crippen molar-refractivity contribution in [3.8, 4) is 0 Å². The van der Waals surface area contributed by atoms with Gasteiger partial charge < -0.3 is 15.2 Å². The van der Waals surface area contributed by atoms with Crippen LogP contribution >= 0.6 is 0 Å². The van der Waals surface area contributed by atoms with Crippen molar-refractivity contribution in [3.63, 3.8) is 0 Å². The van der Waals surface area contributed by atoms with Gasteiger partial charge in [0.1, 0.15) is 17.2 Å². The van der Waals surface area contributed by atoms with Gasteiger partial charge in [0.15, 0.2) is 0 Å². The molecule has 1 saturated carbocycles. The first-order chi connectivity index (χ1) is 13.5. The molecule has 0 aromatic carbocycles. The van der Waals surface area contributed by atoms with Crippen molar-refractivity contribution in [1.82, 2.24) is 19.6 Å². The largest absolute Gasteiger partial charge is 0.356 e. The first kappa shape index (κ1) is 20.3. The average molecular weight is 404 g/mol. The number of carbonyl (C=O) groups is 1. The Hall–Kier alpha value is -2.03. The molecular weight excluding hydrogens is 375 g/mol. The Morgan fingerprint density at radius 1 is 1.31 bits per heavy atom. The van der Waals surface area contributed by atoms with Gasteiger partial charge in [0, 0.05) is 25.2 Å². The number of imidazole rings is 1. The summed E-state index contributed by atoms with van der Waals surface area (Å²) in [4.78, 5) is 19.1. The predicted molar refractivity (Wildman–Crippen MR) is 105 cm³/mol. The molecule has 158 valence electrons. The molecule has 1 aliphatic carbocycles. The van der Waals surface area contributed by atoms with Crippen molar-refractivity contribution in [1.29, 1.82) is 0 Å². The second kappa shape index (κ2) is 6.75. The van der Waals surface area contributed by atoms with Gasteiger partial charge in [-0.25, -0.2) is 9.37 Å². The van der Waals surface area contributed by atoms with E-state index in [-0.39, 0.29) is 29.5 Å². The highest BCUT2D eigenvalue weighted by Crippen LogP contribution is 2.52. The number of hydrogen-bond acceptors (Lipinski definition) is 5. The first-order valence-corrected chi connectivity index (χ1v) is 10.0. The Kier molecular flexibility index (Phi) is 4.72. The predicted octanol–water partition coefficient (Wildman–Crippen LogP) is 2.09. The fourth-order valence-corrected chi connectivity index (χ4v) is 4.42. The molecular formula is C21H29FN4O3. The summed E-state index contributed by atoms with van der Waals surface area (Å²) in [6.07, 6.45) is 2.28. The molecule has 0 spiro atoms. The van der Waals surface area contributed by atoms with Crippen LogP contribution in [0.15, 0.2) is 24.5 Å². The number of aliphatic hydroxyl groups is 1. The number of hydrogen-bond donors (Lipinski definition) is 2. The number of carbonyl (C=O) groups excluding carboxylic acids is 1. The molecule has 29 heavy (non-hydrogen) atoms. The molecule has 2 aromatic heterocycles. The number of ether oxygens (including phenoxy) is 1. The Morgan fingerprint density at radius 2 is 1.97 bits per heavy atom. The molecule has 4 atom stereocenters. The van der Waals surface area contributed by atoms with Gasteiger partial charge in [0.05, 0.1) is 17.3 Å². The molecule has 2 fully saturated rings. The topological polar surface area (TPSA) is 79.1 Å². The standard InChI is InChI=1S/C21H29FN4O3/c1-20(2,3)29-19(28)25-10-12-13(11-25)16(12)17(27)24-21(4,5)18-23-9-15-14(22)7-6-8-26(15)18/h6-9,12-13,16,19,28H,10-11H2,1-5H3,(H,24,27)/t12-,13+,16+,19?. The number of aromatic nitrogens is 2. The summed E-state index contributed by atoms with van der Waals surface area (Å²) in [5.41, 5.74) is -0.793. The lowest BCUT2D eigenvalue weighted by Crippen LogP contribution is -2.46. The van der Waals surface area contributed by atoms with E-state index in [2.05, 4.69) is 10.3 Å². The summed E-state index contributed by atoms with van der Waals surface area (Å²) in [7, 11) is 0. The molecule has 7 nitrogen and oxygen atoms in total. The number of piperidine rings is 1. The Morgan fingerprint density at radius 3 is 2.59 bits per heavy atom. The van der Waals surface area contributed by atoms with E-state index in [1.54, 1.807) is 16.7 Å². The lowest BCUT2D eigenvalue weighted by molar-refractivity contribution is -0.236. The van der Waals surface area contributed by atoms with E-state index in [0.29, 0.717) is 24.4 Å². The fourth-order valence-electron chi connectivity index (χ4n) is 4.42. The van der Waals surface area contributed by atoms with Crippen molar-refractivity contribution in [2.75, 3.05) is 13.1 Å². The molecule has 1 unspecified atom stereocenters. The van der Waals surface area contributed by atoms with Gasteiger partial charge in [-0.15, -0.1) is 0 Å². The summed E-state index contributed by atoms with van der Waals surface area (Å²) >= 11 is 0. The summed E-state index contributed by atoms with van der Waals surface area (Å²) in [5.74, 6) is 0.583. The van der Waals surface area contributed by atoms with Gasteiger partial charge in [0.2, 0.25) is 12.3 Å². The van der Waals surface area contributed by atoms with E-state index in [9.17, 15) is 14.3 Å². The number of rotatable bonds is 5. The van der Waals surface area contributed by atoms with E-state index >= 15 is 0 Å². The monoisotopic (exact) mass is 404 g/mol. The summed E-state index contributed by atoms with van der Waals surface area (Å²) < 4.78 is 21.2. The van der Waals surface area contributed by atoms with Crippen LogP contribution in [0.3, 0.4) is 0 Å². The van der Waals surface area contributed by atoms with Crippen LogP contribution in [0.25, 0.3) is 5.52 Å². The van der Waals surface area contributed by atoms with Crippen molar-refractivity contribution >= 4 is 11.4 Å². The van der Waals surface area contributed by atoms with Crippen LogP contribution in [0.4, 0.5) is 4.39 Å². The Balaban J connectivity index is 1.39. The number of pyridine rings is 1. The molecule has 2 aromatic rings. The molecule has 1 aliphatic heterocycles. The lowest BCUT2D eigenvalue weighted by Gasteiger charge is -2.31. The highest BCUT2D eigenvalue weighted by Gasteiger charge is 2.60. The van der Waals surface area contributed by atoms with E-state index < -0.39 is 17.6 Å². The number of halogens is 1. The molecule has 0 radical (unpaired) electrons. The van der Waals surface area contributed by atoms with Crippen molar-refractivity contribution in [2.24, 2.45) is 17.8 Å². The van der Waals surface area contributed by atoms with Crippen LogP contribution in [-0.4, -0.2) is 50.4 Å². The smallest absolute Gasteiger partial charge is 0.224 e. The minimum Gasteiger partial charge on any atom is -0.356 e. The molecule has 1 saturated heterocycles. The van der Waals surface area contributed by atoms with Gasteiger partial charge in [-0.1, -0.05) is 0 Å². The number of aliphatic hydroxyl groups excluding tert-OH is 1. The molecule has 8 heteroatoms. The second-order valence-corrected chi connectivity index (χ2v) is 9.67. The molecule has 3 heterocycles. The Bertz CT molecular complexity index is 924. The third kappa shape index (κ3) is 3.76. The number of fused-ring (bicyclic) bond motifs is 2. The quantitative estimate of drug-likeness (QED) is 0.746. The van der Waals surface area contributed by atoms with E-state index in [1.165, 1.54) is 12.3 Å². The van der Waals surface area contributed by atoms with E-state index in [0.717, 1.165) is 0 Å². The van der Waals surface area contributed by atoms with Crippen LogP contribution in [-0.2, 0) is 15.1 Å². The van der Waals surface area contributed by atoms with Gasteiger partial charge >= 0.3 is 0 Å². The summed E-state index contributed by atoms with van der Waals surface area (Å²) in [6, 6.07) is 3.01. The maximum absolute atomic E-state index is 14.0. The van der Waals surface area contributed by atoms with E-state index in [4.69, 9.17) is 4.74 Å². The lowest BCUT2D eigenvalue weighted by atomic mass is 10.0. The van der Waals surface area contributed by atoms with Crippen LogP contribution in [0.2, 0.25) is 0 Å². The fraction of sp³-hybridized carbons (Fsp3) is 0.619.